The highest BCUT2D eigenvalue weighted by Gasteiger charge is 2.30. The molecular formula is C21H24F3NO. The molecule has 1 unspecified atom stereocenters. The molecule has 140 valence electrons. The molecule has 1 saturated carbocycles. The summed E-state index contributed by atoms with van der Waals surface area (Å²) >= 11 is 0. The van der Waals surface area contributed by atoms with Gasteiger partial charge in [0, 0.05) is 19.5 Å². The fourth-order valence-corrected chi connectivity index (χ4v) is 3.02. The predicted octanol–water partition coefficient (Wildman–Crippen LogP) is 5.56. The summed E-state index contributed by atoms with van der Waals surface area (Å²) in [6, 6.07) is 14.8. The highest BCUT2D eigenvalue weighted by molar-refractivity contribution is 5.30. The zero-order chi connectivity index (χ0) is 18.6. The van der Waals surface area contributed by atoms with E-state index < -0.39 is 11.7 Å². The molecule has 0 saturated heterocycles. The van der Waals surface area contributed by atoms with Gasteiger partial charge < -0.3 is 9.64 Å². The molecule has 0 N–H and O–H groups in total. The minimum Gasteiger partial charge on any atom is -0.486 e. The lowest BCUT2D eigenvalue weighted by atomic mass is 10.1. The predicted molar refractivity (Wildman–Crippen MR) is 96.1 cm³/mol. The molecule has 1 aliphatic rings. The maximum Gasteiger partial charge on any atom is 0.416 e. The van der Waals surface area contributed by atoms with Crippen LogP contribution in [0.4, 0.5) is 13.2 Å². The van der Waals surface area contributed by atoms with Crippen LogP contribution in [0, 0.1) is 5.92 Å². The Labute approximate surface area is 152 Å². The monoisotopic (exact) mass is 363 g/mol. The molecule has 26 heavy (non-hydrogen) atoms. The summed E-state index contributed by atoms with van der Waals surface area (Å²) in [5.41, 5.74) is 0.373. The van der Waals surface area contributed by atoms with Gasteiger partial charge in [-0.15, -0.1) is 0 Å². The van der Waals surface area contributed by atoms with Gasteiger partial charge >= 0.3 is 6.18 Å². The standard InChI is InChI=1S/C21H24F3NO/c1-25(15-16-7-8-16)14-13-20(17-5-3-2-4-6-17)26-19-11-9-18(10-12-19)21(22,23)24/h2-6,9-12,16,20H,7-8,13-15H2,1H3. The second kappa shape index (κ2) is 8.12. The van der Waals surface area contributed by atoms with Crippen molar-refractivity contribution in [3.05, 3.63) is 65.7 Å². The Bertz CT molecular complexity index is 681. The van der Waals surface area contributed by atoms with E-state index in [9.17, 15) is 13.2 Å². The highest BCUT2D eigenvalue weighted by Crippen LogP contribution is 2.32. The zero-order valence-electron chi connectivity index (χ0n) is 14.9. The number of ether oxygens (including phenoxy) is 1. The van der Waals surface area contributed by atoms with Gasteiger partial charge in [0.25, 0.3) is 0 Å². The topological polar surface area (TPSA) is 12.5 Å². The Kier molecular flexibility index (Phi) is 5.87. The molecule has 0 radical (unpaired) electrons. The van der Waals surface area contributed by atoms with Crippen LogP contribution in [0.2, 0.25) is 0 Å². The normalized spacial score (nSPS) is 15.9. The molecule has 0 spiro atoms. The number of alkyl halides is 3. The maximum absolute atomic E-state index is 12.7. The fraction of sp³-hybridized carbons (Fsp3) is 0.429. The first-order valence-corrected chi connectivity index (χ1v) is 8.99. The number of hydrogen-bond acceptors (Lipinski definition) is 2. The molecule has 2 aromatic rings. The van der Waals surface area contributed by atoms with Crippen LogP contribution in [-0.4, -0.2) is 25.0 Å². The van der Waals surface area contributed by atoms with Crippen LogP contribution in [0.1, 0.15) is 36.5 Å². The summed E-state index contributed by atoms with van der Waals surface area (Å²) in [5.74, 6) is 1.28. The van der Waals surface area contributed by atoms with Gasteiger partial charge in [-0.05, 0) is 55.6 Å². The van der Waals surface area contributed by atoms with E-state index in [4.69, 9.17) is 4.74 Å². The zero-order valence-corrected chi connectivity index (χ0v) is 14.9. The van der Waals surface area contributed by atoms with Crippen molar-refractivity contribution in [2.24, 2.45) is 5.92 Å². The lowest BCUT2D eigenvalue weighted by Crippen LogP contribution is -2.25. The number of halogens is 3. The Balaban J connectivity index is 1.66. The van der Waals surface area contributed by atoms with E-state index in [1.165, 1.54) is 25.0 Å². The number of rotatable bonds is 8. The van der Waals surface area contributed by atoms with Crippen molar-refractivity contribution < 1.29 is 17.9 Å². The highest BCUT2D eigenvalue weighted by atomic mass is 19.4. The first kappa shape index (κ1) is 18.8. The van der Waals surface area contributed by atoms with E-state index in [2.05, 4.69) is 11.9 Å². The van der Waals surface area contributed by atoms with Crippen LogP contribution in [0.15, 0.2) is 54.6 Å². The van der Waals surface area contributed by atoms with Gasteiger partial charge in [-0.2, -0.15) is 13.2 Å². The lowest BCUT2D eigenvalue weighted by molar-refractivity contribution is -0.137. The molecular weight excluding hydrogens is 339 g/mol. The Morgan fingerprint density at radius 2 is 1.69 bits per heavy atom. The van der Waals surface area contributed by atoms with Crippen molar-refractivity contribution in [1.82, 2.24) is 4.90 Å². The molecule has 1 atom stereocenters. The van der Waals surface area contributed by atoms with E-state index in [1.54, 1.807) is 0 Å². The Morgan fingerprint density at radius 1 is 1.04 bits per heavy atom. The average Bonchev–Trinajstić information content (AvgIpc) is 3.43. The molecule has 2 aromatic carbocycles. The van der Waals surface area contributed by atoms with Gasteiger partial charge in [0.15, 0.2) is 0 Å². The van der Waals surface area contributed by atoms with Crippen molar-refractivity contribution in [3.8, 4) is 5.75 Å². The van der Waals surface area contributed by atoms with E-state index in [0.717, 1.165) is 43.1 Å². The van der Waals surface area contributed by atoms with Crippen LogP contribution in [0.5, 0.6) is 5.75 Å². The van der Waals surface area contributed by atoms with Crippen LogP contribution < -0.4 is 4.74 Å². The van der Waals surface area contributed by atoms with Gasteiger partial charge in [-0.1, -0.05) is 30.3 Å². The van der Waals surface area contributed by atoms with Gasteiger partial charge in [-0.25, -0.2) is 0 Å². The summed E-state index contributed by atoms with van der Waals surface area (Å²) in [6.45, 7) is 1.98. The summed E-state index contributed by atoms with van der Waals surface area (Å²) < 4.78 is 44.2. The third-order valence-electron chi connectivity index (χ3n) is 4.67. The van der Waals surface area contributed by atoms with Gasteiger partial charge in [-0.3, -0.25) is 0 Å². The van der Waals surface area contributed by atoms with Crippen molar-refractivity contribution >= 4 is 0 Å². The Morgan fingerprint density at radius 3 is 2.27 bits per heavy atom. The third kappa shape index (κ3) is 5.49. The van der Waals surface area contributed by atoms with E-state index in [0.29, 0.717) is 5.75 Å². The van der Waals surface area contributed by atoms with Crippen molar-refractivity contribution in [2.45, 2.75) is 31.5 Å². The molecule has 0 amide bonds. The van der Waals surface area contributed by atoms with Crippen LogP contribution in [0.3, 0.4) is 0 Å². The first-order valence-electron chi connectivity index (χ1n) is 8.99. The number of benzene rings is 2. The van der Waals surface area contributed by atoms with Gasteiger partial charge in [0.1, 0.15) is 11.9 Å². The molecule has 0 aliphatic heterocycles. The molecule has 0 bridgehead atoms. The fourth-order valence-electron chi connectivity index (χ4n) is 3.02. The molecule has 0 aromatic heterocycles. The summed E-state index contributed by atoms with van der Waals surface area (Å²) in [6.07, 6.45) is -1.10. The minimum absolute atomic E-state index is 0.186. The SMILES string of the molecule is CN(CCC(Oc1ccc(C(F)(F)F)cc1)c1ccccc1)CC1CC1. The summed E-state index contributed by atoms with van der Waals surface area (Å²) in [7, 11) is 2.11. The second-order valence-corrected chi connectivity index (χ2v) is 7.03. The quantitative estimate of drug-likeness (QED) is 0.609. The molecule has 1 fully saturated rings. The molecule has 0 heterocycles. The minimum atomic E-state index is -4.33. The van der Waals surface area contributed by atoms with E-state index in [1.807, 2.05) is 30.3 Å². The molecule has 1 aliphatic carbocycles. The second-order valence-electron chi connectivity index (χ2n) is 7.03. The number of nitrogens with zero attached hydrogens (tertiary/aromatic N) is 1. The maximum atomic E-state index is 12.7. The first-order chi connectivity index (χ1) is 12.4. The lowest BCUT2D eigenvalue weighted by Gasteiger charge is -2.23. The number of hydrogen-bond donors (Lipinski definition) is 0. The van der Waals surface area contributed by atoms with Gasteiger partial charge in [0.2, 0.25) is 0 Å². The molecule has 5 heteroatoms. The summed E-state index contributed by atoms with van der Waals surface area (Å²) in [4.78, 5) is 2.31. The average molecular weight is 363 g/mol. The molecule has 3 rings (SSSR count). The smallest absolute Gasteiger partial charge is 0.416 e. The van der Waals surface area contributed by atoms with Crippen molar-refractivity contribution in [3.63, 3.8) is 0 Å². The van der Waals surface area contributed by atoms with Crippen molar-refractivity contribution in [1.29, 1.82) is 0 Å². The van der Waals surface area contributed by atoms with Crippen molar-refractivity contribution in [2.75, 3.05) is 20.1 Å². The van der Waals surface area contributed by atoms with E-state index >= 15 is 0 Å². The van der Waals surface area contributed by atoms with Crippen LogP contribution in [0.25, 0.3) is 0 Å². The molecule has 2 nitrogen and oxygen atoms in total. The Hall–Kier alpha value is -2.01. The van der Waals surface area contributed by atoms with Gasteiger partial charge in [0.05, 0.1) is 5.56 Å². The van der Waals surface area contributed by atoms with Crippen LogP contribution in [-0.2, 0) is 6.18 Å². The third-order valence-corrected chi connectivity index (χ3v) is 4.67. The van der Waals surface area contributed by atoms with Crippen LogP contribution >= 0.6 is 0 Å². The summed E-state index contributed by atoms with van der Waals surface area (Å²) in [5, 5.41) is 0. The van der Waals surface area contributed by atoms with E-state index in [-0.39, 0.29) is 6.10 Å². The largest absolute Gasteiger partial charge is 0.486 e.